The van der Waals surface area contributed by atoms with Crippen molar-refractivity contribution < 1.29 is 5.11 Å². The number of hydrogen-bond acceptors (Lipinski definition) is 3. The van der Waals surface area contributed by atoms with Crippen LogP contribution in [0.4, 0.5) is 0 Å². The van der Waals surface area contributed by atoms with Gasteiger partial charge in [-0.05, 0) is 48.0 Å². The highest BCUT2D eigenvalue weighted by Gasteiger charge is 2.29. The van der Waals surface area contributed by atoms with E-state index in [-0.39, 0.29) is 18.0 Å². The minimum absolute atomic E-state index is 0.143. The van der Waals surface area contributed by atoms with Crippen molar-refractivity contribution in [1.82, 2.24) is 5.32 Å². The van der Waals surface area contributed by atoms with Crippen LogP contribution in [-0.2, 0) is 0 Å². The molecule has 1 heterocycles. The summed E-state index contributed by atoms with van der Waals surface area (Å²) in [5.74, 6) is 0.238. The molecule has 2 N–H and O–H groups in total. The standard InChI is InChI=1S/C22H16Br2Cl2N2O/c23-13-3-1-2-12(8-13)19-11-20(17-9-14(24)4-7-21(17)29)28-22(27-19)16-6-5-15(25)10-18(16)26/h1-10,20,22,28-29H,11H2. The molecular weight excluding hydrogens is 539 g/mol. The molecule has 2 atom stereocenters. The molecule has 3 aromatic carbocycles. The molecular formula is C22H16Br2Cl2N2O. The zero-order chi connectivity index (χ0) is 20.5. The summed E-state index contributed by atoms with van der Waals surface area (Å²) in [6, 6.07) is 18.7. The maximum absolute atomic E-state index is 10.5. The Morgan fingerprint density at radius 3 is 2.48 bits per heavy atom. The Labute approximate surface area is 196 Å². The highest BCUT2D eigenvalue weighted by Crippen LogP contribution is 2.37. The first-order valence-corrected chi connectivity index (χ1v) is 11.3. The monoisotopic (exact) mass is 552 g/mol. The molecule has 0 saturated carbocycles. The van der Waals surface area contributed by atoms with Crippen molar-refractivity contribution in [3.63, 3.8) is 0 Å². The highest BCUT2D eigenvalue weighted by atomic mass is 79.9. The van der Waals surface area contributed by atoms with E-state index in [0.717, 1.165) is 31.3 Å². The molecule has 0 fully saturated rings. The molecule has 0 bridgehead atoms. The zero-order valence-corrected chi connectivity index (χ0v) is 19.7. The lowest BCUT2D eigenvalue weighted by Gasteiger charge is -2.31. The van der Waals surface area contributed by atoms with Gasteiger partial charge >= 0.3 is 0 Å². The lowest BCUT2D eigenvalue weighted by atomic mass is 9.93. The highest BCUT2D eigenvalue weighted by molar-refractivity contribution is 9.10. The first kappa shape index (κ1) is 20.9. The lowest BCUT2D eigenvalue weighted by molar-refractivity contribution is 0.412. The number of halogens is 4. The first-order chi connectivity index (χ1) is 13.9. The third-order valence-corrected chi connectivity index (χ3v) is 6.37. The van der Waals surface area contributed by atoms with Gasteiger partial charge in [0.05, 0.1) is 0 Å². The lowest BCUT2D eigenvalue weighted by Crippen LogP contribution is -2.33. The average molecular weight is 555 g/mol. The van der Waals surface area contributed by atoms with Crippen molar-refractivity contribution in [1.29, 1.82) is 0 Å². The van der Waals surface area contributed by atoms with Crippen molar-refractivity contribution in [2.75, 3.05) is 0 Å². The van der Waals surface area contributed by atoms with Crippen molar-refractivity contribution >= 4 is 60.8 Å². The van der Waals surface area contributed by atoms with E-state index in [1.807, 2.05) is 42.5 Å². The Balaban J connectivity index is 1.81. The number of nitrogens with one attached hydrogen (secondary N) is 1. The summed E-state index contributed by atoms with van der Waals surface area (Å²) in [7, 11) is 0. The average Bonchev–Trinajstić information content (AvgIpc) is 2.69. The number of aliphatic imine (C=N–C) groups is 1. The van der Waals surface area contributed by atoms with E-state index in [2.05, 4.69) is 37.2 Å². The Bertz CT molecular complexity index is 1100. The minimum atomic E-state index is -0.370. The predicted molar refractivity (Wildman–Crippen MR) is 126 cm³/mol. The van der Waals surface area contributed by atoms with E-state index in [1.165, 1.54) is 0 Å². The zero-order valence-electron chi connectivity index (χ0n) is 15.0. The van der Waals surface area contributed by atoms with Crippen LogP contribution in [0.1, 0.15) is 35.3 Å². The third-order valence-electron chi connectivity index (χ3n) is 4.82. The van der Waals surface area contributed by atoms with Gasteiger partial charge in [0, 0.05) is 48.3 Å². The molecule has 0 aliphatic carbocycles. The molecule has 0 saturated heterocycles. The first-order valence-electron chi connectivity index (χ1n) is 8.93. The Hall–Kier alpha value is -1.37. The molecule has 0 spiro atoms. The summed E-state index contributed by atoms with van der Waals surface area (Å²) in [6.07, 6.45) is 0.258. The van der Waals surface area contributed by atoms with Crippen molar-refractivity contribution in [2.45, 2.75) is 18.6 Å². The number of benzene rings is 3. The molecule has 1 aliphatic heterocycles. The number of rotatable bonds is 3. The molecule has 0 amide bonds. The van der Waals surface area contributed by atoms with Gasteiger partial charge in [-0.25, -0.2) is 0 Å². The van der Waals surface area contributed by atoms with Crippen LogP contribution < -0.4 is 5.32 Å². The fourth-order valence-corrected chi connectivity index (χ4v) is 4.73. The molecule has 148 valence electrons. The van der Waals surface area contributed by atoms with Crippen LogP contribution in [0.15, 0.2) is 74.6 Å². The maximum Gasteiger partial charge on any atom is 0.127 e. The van der Waals surface area contributed by atoms with Crippen LogP contribution in [0.3, 0.4) is 0 Å². The summed E-state index contributed by atoms with van der Waals surface area (Å²) in [5.41, 5.74) is 3.60. The Kier molecular flexibility index (Phi) is 6.32. The molecule has 3 nitrogen and oxygen atoms in total. The summed E-state index contributed by atoms with van der Waals surface area (Å²) in [6.45, 7) is 0. The van der Waals surface area contributed by atoms with Gasteiger partial charge in [-0.2, -0.15) is 0 Å². The smallest absolute Gasteiger partial charge is 0.127 e. The molecule has 0 aromatic heterocycles. The summed E-state index contributed by atoms with van der Waals surface area (Å²) >= 11 is 19.6. The molecule has 1 aliphatic rings. The normalized spacial score (nSPS) is 19.1. The molecule has 3 aromatic rings. The maximum atomic E-state index is 10.5. The van der Waals surface area contributed by atoms with Gasteiger partial charge in [0.1, 0.15) is 11.9 Å². The summed E-state index contributed by atoms with van der Waals surface area (Å²) in [4.78, 5) is 4.95. The van der Waals surface area contributed by atoms with E-state index in [1.54, 1.807) is 18.2 Å². The largest absolute Gasteiger partial charge is 0.508 e. The molecule has 4 rings (SSSR count). The third kappa shape index (κ3) is 4.70. The number of nitrogens with zero attached hydrogens (tertiary/aromatic N) is 1. The van der Waals surface area contributed by atoms with Crippen LogP contribution in [0.2, 0.25) is 10.0 Å². The van der Waals surface area contributed by atoms with Crippen LogP contribution in [0.25, 0.3) is 0 Å². The Morgan fingerprint density at radius 2 is 1.72 bits per heavy atom. The predicted octanol–water partition coefficient (Wildman–Crippen LogP) is 7.45. The second kappa shape index (κ2) is 8.78. The van der Waals surface area contributed by atoms with E-state index >= 15 is 0 Å². The molecule has 29 heavy (non-hydrogen) atoms. The van der Waals surface area contributed by atoms with Crippen molar-refractivity contribution in [3.8, 4) is 5.75 Å². The van der Waals surface area contributed by atoms with E-state index in [4.69, 9.17) is 28.2 Å². The van der Waals surface area contributed by atoms with Gasteiger partial charge in [-0.1, -0.05) is 73.3 Å². The van der Waals surface area contributed by atoms with Crippen LogP contribution >= 0.6 is 55.1 Å². The van der Waals surface area contributed by atoms with Crippen LogP contribution in [0, 0.1) is 0 Å². The molecule has 7 heteroatoms. The number of hydrogen-bond donors (Lipinski definition) is 2. The van der Waals surface area contributed by atoms with E-state index in [0.29, 0.717) is 16.5 Å². The SMILES string of the molecule is Oc1ccc(Br)cc1C1CC(c2cccc(Br)c2)=NC(c2ccc(Cl)cc2Cl)N1. The fourth-order valence-electron chi connectivity index (χ4n) is 3.44. The van der Waals surface area contributed by atoms with Gasteiger partial charge in [-0.15, -0.1) is 0 Å². The van der Waals surface area contributed by atoms with E-state index in [9.17, 15) is 5.11 Å². The number of aromatic hydroxyl groups is 1. The Morgan fingerprint density at radius 1 is 0.931 bits per heavy atom. The summed E-state index contributed by atoms with van der Waals surface area (Å²) in [5, 5.41) is 15.1. The van der Waals surface area contributed by atoms with Crippen LogP contribution in [0.5, 0.6) is 5.75 Å². The van der Waals surface area contributed by atoms with Gasteiger partial charge < -0.3 is 5.11 Å². The molecule has 2 unspecified atom stereocenters. The molecule has 0 radical (unpaired) electrons. The topological polar surface area (TPSA) is 44.6 Å². The van der Waals surface area contributed by atoms with Crippen LogP contribution in [-0.4, -0.2) is 10.8 Å². The quantitative estimate of drug-likeness (QED) is 0.353. The van der Waals surface area contributed by atoms with Crippen molar-refractivity contribution in [2.24, 2.45) is 4.99 Å². The second-order valence-electron chi connectivity index (χ2n) is 6.78. The summed E-state index contributed by atoms with van der Waals surface area (Å²) < 4.78 is 1.89. The second-order valence-corrected chi connectivity index (χ2v) is 9.46. The van der Waals surface area contributed by atoms with Gasteiger partial charge in [0.15, 0.2) is 0 Å². The van der Waals surface area contributed by atoms with Gasteiger partial charge in [0.2, 0.25) is 0 Å². The van der Waals surface area contributed by atoms with Gasteiger partial charge in [-0.3, -0.25) is 10.3 Å². The van der Waals surface area contributed by atoms with E-state index < -0.39 is 0 Å². The minimum Gasteiger partial charge on any atom is -0.508 e. The van der Waals surface area contributed by atoms with Crippen molar-refractivity contribution in [3.05, 3.63) is 96.3 Å². The number of phenolic OH excluding ortho intramolecular Hbond substituents is 1. The fraction of sp³-hybridized carbons (Fsp3) is 0.136. The van der Waals surface area contributed by atoms with Gasteiger partial charge in [0.25, 0.3) is 0 Å². The number of phenols is 1.